The van der Waals surface area contributed by atoms with Gasteiger partial charge in [-0.2, -0.15) is 9.37 Å². The zero-order valence-electron chi connectivity index (χ0n) is 10.8. The summed E-state index contributed by atoms with van der Waals surface area (Å²) >= 11 is 5.62. The number of aromatic nitrogens is 2. The van der Waals surface area contributed by atoms with Crippen molar-refractivity contribution in [3.63, 3.8) is 0 Å². The second-order valence-electron chi connectivity index (χ2n) is 4.28. The van der Waals surface area contributed by atoms with Gasteiger partial charge in [-0.05, 0) is 34.9 Å². The molecule has 104 valence electrons. The lowest BCUT2D eigenvalue weighted by Crippen LogP contribution is -1.94. The van der Waals surface area contributed by atoms with Gasteiger partial charge in [0, 0.05) is 0 Å². The maximum Gasteiger partial charge on any atom is 0.260 e. The van der Waals surface area contributed by atoms with E-state index < -0.39 is 5.82 Å². The van der Waals surface area contributed by atoms with Gasteiger partial charge >= 0.3 is 0 Å². The molecule has 1 aromatic heterocycles. The number of benzene rings is 2. The van der Waals surface area contributed by atoms with Gasteiger partial charge in [0.15, 0.2) is 0 Å². The Labute approximate surface area is 126 Å². The molecule has 0 atom stereocenters. The summed E-state index contributed by atoms with van der Waals surface area (Å²) in [5.41, 5.74) is 2.14. The standard InChI is InChI=1S/C16H10ClFN2O/c17-16-19-10-14(18)15(20-16)21-13-8-6-12(7-9-13)11-4-2-1-3-5-11/h1-10H. The van der Waals surface area contributed by atoms with Crippen molar-refractivity contribution in [2.45, 2.75) is 0 Å². The van der Waals surface area contributed by atoms with Crippen LogP contribution in [0.4, 0.5) is 4.39 Å². The van der Waals surface area contributed by atoms with Gasteiger partial charge in [-0.1, -0.05) is 42.5 Å². The van der Waals surface area contributed by atoms with Crippen molar-refractivity contribution in [3.8, 4) is 22.8 Å². The highest BCUT2D eigenvalue weighted by molar-refractivity contribution is 6.28. The number of hydrogen-bond acceptors (Lipinski definition) is 3. The Bertz CT molecular complexity index is 748. The van der Waals surface area contributed by atoms with Gasteiger partial charge in [0.2, 0.25) is 11.1 Å². The van der Waals surface area contributed by atoms with Crippen LogP contribution in [0.15, 0.2) is 60.8 Å². The summed E-state index contributed by atoms with van der Waals surface area (Å²) in [7, 11) is 0. The van der Waals surface area contributed by atoms with Gasteiger partial charge < -0.3 is 4.74 Å². The molecule has 5 heteroatoms. The Balaban J connectivity index is 1.83. The van der Waals surface area contributed by atoms with Crippen LogP contribution in [0, 0.1) is 5.82 Å². The summed E-state index contributed by atoms with van der Waals surface area (Å²) in [5.74, 6) is -0.377. The number of nitrogens with zero attached hydrogens (tertiary/aromatic N) is 2. The number of ether oxygens (including phenoxy) is 1. The molecule has 2 aromatic carbocycles. The highest BCUT2D eigenvalue weighted by Crippen LogP contribution is 2.26. The molecule has 0 fully saturated rings. The van der Waals surface area contributed by atoms with Crippen molar-refractivity contribution in [3.05, 3.63) is 71.9 Å². The lowest BCUT2D eigenvalue weighted by atomic mass is 10.1. The molecular weight excluding hydrogens is 291 g/mol. The van der Waals surface area contributed by atoms with Crippen molar-refractivity contribution in [1.82, 2.24) is 9.97 Å². The average molecular weight is 301 g/mol. The van der Waals surface area contributed by atoms with Crippen LogP contribution in [0.5, 0.6) is 11.6 Å². The van der Waals surface area contributed by atoms with Gasteiger partial charge in [-0.25, -0.2) is 4.98 Å². The number of hydrogen-bond donors (Lipinski definition) is 0. The second kappa shape index (κ2) is 5.89. The van der Waals surface area contributed by atoms with E-state index in [1.165, 1.54) is 0 Å². The van der Waals surface area contributed by atoms with Crippen molar-refractivity contribution in [1.29, 1.82) is 0 Å². The first kappa shape index (κ1) is 13.5. The van der Waals surface area contributed by atoms with Gasteiger partial charge in [0.05, 0.1) is 6.20 Å². The van der Waals surface area contributed by atoms with E-state index in [-0.39, 0.29) is 11.2 Å². The second-order valence-corrected chi connectivity index (χ2v) is 4.62. The van der Waals surface area contributed by atoms with Crippen LogP contribution in [0.3, 0.4) is 0 Å². The van der Waals surface area contributed by atoms with E-state index in [0.717, 1.165) is 17.3 Å². The van der Waals surface area contributed by atoms with Crippen molar-refractivity contribution < 1.29 is 9.13 Å². The van der Waals surface area contributed by atoms with E-state index in [0.29, 0.717) is 5.75 Å². The lowest BCUT2D eigenvalue weighted by Gasteiger charge is -2.07. The van der Waals surface area contributed by atoms with E-state index in [1.54, 1.807) is 12.1 Å². The predicted molar refractivity (Wildman–Crippen MR) is 79.0 cm³/mol. The minimum absolute atomic E-state index is 0.0627. The van der Waals surface area contributed by atoms with Crippen LogP contribution in [0.1, 0.15) is 0 Å². The Morgan fingerprint density at radius 3 is 2.29 bits per heavy atom. The molecule has 21 heavy (non-hydrogen) atoms. The first-order chi connectivity index (χ1) is 10.2. The van der Waals surface area contributed by atoms with Gasteiger partial charge in [-0.15, -0.1) is 0 Å². The fraction of sp³-hybridized carbons (Fsp3) is 0. The molecule has 0 saturated heterocycles. The molecular formula is C16H10ClFN2O. The normalized spacial score (nSPS) is 10.4. The fourth-order valence-electron chi connectivity index (χ4n) is 1.86. The quantitative estimate of drug-likeness (QED) is 0.656. The molecule has 0 spiro atoms. The molecule has 3 rings (SSSR count). The molecule has 0 bridgehead atoms. The molecule has 0 aliphatic carbocycles. The minimum Gasteiger partial charge on any atom is -0.436 e. The molecule has 1 heterocycles. The summed E-state index contributed by atoms with van der Waals surface area (Å²) in [6.07, 6.45) is 0.975. The molecule has 3 aromatic rings. The van der Waals surface area contributed by atoms with Gasteiger partial charge in [0.1, 0.15) is 5.75 Å². The third kappa shape index (κ3) is 3.17. The molecule has 0 N–H and O–H groups in total. The minimum atomic E-state index is -0.661. The van der Waals surface area contributed by atoms with E-state index in [9.17, 15) is 4.39 Å². The van der Waals surface area contributed by atoms with E-state index >= 15 is 0 Å². The lowest BCUT2D eigenvalue weighted by molar-refractivity contribution is 0.420. The first-order valence-corrected chi connectivity index (χ1v) is 6.61. The third-order valence-corrected chi connectivity index (χ3v) is 3.04. The van der Waals surface area contributed by atoms with E-state index in [1.807, 2.05) is 42.5 Å². The number of rotatable bonds is 3. The third-order valence-electron chi connectivity index (χ3n) is 2.86. The summed E-state index contributed by atoms with van der Waals surface area (Å²) in [4.78, 5) is 7.24. The van der Waals surface area contributed by atoms with Crippen LogP contribution in [-0.2, 0) is 0 Å². The zero-order valence-corrected chi connectivity index (χ0v) is 11.6. The van der Waals surface area contributed by atoms with Gasteiger partial charge in [0.25, 0.3) is 5.88 Å². The zero-order chi connectivity index (χ0) is 14.7. The molecule has 0 radical (unpaired) electrons. The van der Waals surface area contributed by atoms with Crippen LogP contribution < -0.4 is 4.74 Å². The first-order valence-electron chi connectivity index (χ1n) is 6.24. The van der Waals surface area contributed by atoms with E-state index in [4.69, 9.17) is 16.3 Å². The largest absolute Gasteiger partial charge is 0.436 e. The van der Waals surface area contributed by atoms with Crippen molar-refractivity contribution in [2.75, 3.05) is 0 Å². The van der Waals surface area contributed by atoms with Crippen LogP contribution in [0.25, 0.3) is 11.1 Å². The Hall–Kier alpha value is -2.46. The Morgan fingerprint density at radius 2 is 1.57 bits per heavy atom. The van der Waals surface area contributed by atoms with Crippen molar-refractivity contribution in [2.24, 2.45) is 0 Å². The molecule has 0 amide bonds. The van der Waals surface area contributed by atoms with Crippen LogP contribution in [0.2, 0.25) is 5.28 Å². The van der Waals surface area contributed by atoms with Crippen molar-refractivity contribution >= 4 is 11.6 Å². The topological polar surface area (TPSA) is 35.0 Å². The van der Waals surface area contributed by atoms with Crippen LogP contribution in [-0.4, -0.2) is 9.97 Å². The summed E-state index contributed by atoms with van der Waals surface area (Å²) in [6, 6.07) is 17.2. The van der Waals surface area contributed by atoms with Gasteiger partial charge in [-0.3, -0.25) is 0 Å². The smallest absolute Gasteiger partial charge is 0.260 e. The summed E-state index contributed by atoms with van der Waals surface area (Å²) in [6.45, 7) is 0. The molecule has 0 saturated carbocycles. The average Bonchev–Trinajstić information content (AvgIpc) is 2.53. The SMILES string of the molecule is Fc1cnc(Cl)nc1Oc1ccc(-c2ccccc2)cc1. The maximum atomic E-state index is 13.5. The summed E-state index contributed by atoms with van der Waals surface area (Å²) in [5, 5.41) is -0.0627. The highest BCUT2D eigenvalue weighted by atomic mass is 35.5. The molecule has 0 aliphatic heterocycles. The Morgan fingerprint density at radius 1 is 0.905 bits per heavy atom. The molecule has 0 aliphatic rings. The molecule has 3 nitrogen and oxygen atoms in total. The Kier molecular flexibility index (Phi) is 3.79. The predicted octanol–water partition coefficient (Wildman–Crippen LogP) is 4.73. The number of halogens is 2. The fourth-order valence-corrected chi connectivity index (χ4v) is 1.99. The highest BCUT2D eigenvalue weighted by Gasteiger charge is 2.08. The maximum absolute atomic E-state index is 13.5. The van der Waals surface area contributed by atoms with Crippen LogP contribution >= 0.6 is 11.6 Å². The molecule has 0 unspecified atom stereocenters. The monoisotopic (exact) mass is 300 g/mol. The van der Waals surface area contributed by atoms with E-state index in [2.05, 4.69) is 9.97 Å². The summed E-state index contributed by atoms with van der Waals surface area (Å²) < 4.78 is 18.9.